The number of amides is 2. The summed E-state index contributed by atoms with van der Waals surface area (Å²) in [6.45, 7) is 4.16. The van der Waals surface area contributed by atoms with Crippen molar-refractivity contribution in [3.63, 3.8) is 0 Å². The molecule has 2 aliphatic rings. The second-order valence-electron chi connectivity index (χ2n) is 7.28. The number of nitrogens with zero attached hydrogens (tertiary/aromatic N) is 2. The molecule has 6 nitrogen and oxygen atoms in total. The number of fused-ring (bicyclic) bond motifs is 1. The minimum absolute atomic E-state index is 0.0114. The zero-order valence-electron chi connectivity index (χ0n) is 15.7. The SMILES string of the molecule is CC1CCCC(C)N1C(=O)CCC(=O)c1ccc2c(c1)N(C)C(=O)CO2. The van der Waals surface area contributed by atoms with Gasteiger partial charge in [-0.2, -0.15) is 0 Å². The minimum Gasteiger partial charge on any atom is -0.482 e. The molecule has 1 saturated heterocycles. The van der Waals surface area contributed by atoms with E-state index in [9.17, 15) is 14.4 Å². The van der Waals surface area contributed by atoms with Gasteiger partial charge in [0.1, 0.15) is 5.75 Å². The topological polar surface area (TPSA) is 66.9 Å². The average Bonchev–Trinajstić information content (AvgIpc) is 2.62. The zero-order chi connectivity index (χ0) is 18.8. The number of hydrogen-bond donors (Lipinski definition) is 0. The van der Waals surface area contributed by atoms with E-state index in [4.69, 9.17) is 4.74 Å². The van der Waals surface area contributed by atoms with Crippen molar-refractivity contribution in [3.05, 3.63) is 23.8 Å². The number of piperidine rings is 1. The number of likely N-dealkylation sites (tertiary alicyclic amines) is 1. The molecular weight excluding hydrogens is 332 g/mol. The van der Waals surface area contributed by atoms with Crippen LogP contribution in [0.4, 0.5) is 5.69 Å². The number of ether oxygens (including phenoxy) is 1. The maximum Gasteiger partial charge on any atom is 0.264 e. The van der Waals surface area contributed by atoms with Gasteiger partial charge in [-0.25, -0.2) is 0 Å². The molecule has 3 rings (SSSR count). The van der Waals surface area contributed by atoms with Crippen LogP contribution < -0.4 is 9.64 Å². The number of carbonyl (C=O) groups excluding carboxylic acids is 3. The summed E-state index contributed by atoms with van der Waals surface area (Å²) in [5, 5.41) is 0. The van der Waals surface area contributed by atoms with E-state index in [0.29, 0.717) is 17.0 Å². The molecule has 0 N–H and O–H groups in total. The van der Waals surface area contributed by atoms with E-state index in [2.05, 4.69) is 13.8 Å². The molecule has 0 bridgehead atoms. The Bertz CT molecular complexity index is 721. The van der Waals surface area contributed by atoms with Crippen molar-refractivity contribution < 1.29 is 19.1 Å². The maximum atomic E-state index is 12.6. The lowest BCUT2D eigenvalue weighted by molar-refractivity contribution is -0.137. The van der Waals surface area contributed by atoms with Crippen LogP contribution in [0.1, 0.15) is 56.3 Å². The summed E-state index contributed by atoms with van der Waals surface area (Å²) >= 11 is 0. The number of carbonyl (C=O) groups is 3. The van der Waals surface area contributed by atoms with Gasteiger partial charge in [-0.05, 0) is 51.3 Å². The van der Waals surface area contributed by atoms with Gasteiger partial charge < -0.3 is 14.5 Å². The summed E-state index contributed by atoms with van der Waals surface area (Å²) in [5.41, 5.74) is 1.10. The van der Waals surface area contributed by atoms with Crippen molar-refractivity contribution in [2.45, 2.75) is 58.0 Å². The van der Waals surface area contributed by atoms with E-state index >= 15 is 0 Å². The molecular formula is C20H26N2O4. The van der Waals surface area contributed by atoms with Gasteiger partial charge in [0.25, 0.3) is 5.91 Å². The Balaban J connectivity index is 1.65. The standard InChI is InChI=1S/C20H26N2O4/c1-13-5-4-6-14(2)22(13)19(24)10-8-17(23)15-7-9-18-16(11-15)21(3)20(25)12-26-18/h7,9,11,13-14H,4-6,8,10,12H2,1-3H3. The lowest BCUT2D eigenvalue weighted by Gasteiger charge is -2.39. The van der Waals surface area contributed by atoms with Crippen LogP contribution in [0.15, 0.2) is 18.2 Å². The van der Waals surface area contributed by atoms with Crippen LogP contribution in [0.25, 0.3) is 0 Å². The second-order valence-corrected chi connectivity index (χ2v) is 7.28. The molecule has 0 spiro atoms. The van der Waals surface area contributed by atoms with Crippen LogP contribution in [-0.2, 0) is 9.59 Å². The first-order valence-electron chi connectivity index (χ1n) is 9.26. The van der Waals surface area contributed by atoms with Gasteiger partial charge in [0, 0.05) is 37.5 Å². The fraction of sp³-hybridized carbons (Fsp3) is 0.550. The molecule has 6 heteroatoms. The highest BCUT2D eigenvalue weighted by Crippen LogP contribution is 2.32. The van der Waals surface area contributed by atoms with Gasteiger partial charge in [-0.1, -0.05) is 0 Å². The van der Waals surface area contributed by atoms with Gasteiger partial charge in [0.15, 0.2) is 12.4 Å². The number of anilines is 1. The van der Waals surface area contributed by atoms with Crippen molar-refractivity contribution >= 4 is 23.3 Å². The fourth-order valence-corrected chi connectivity index (χ4v) is 3.85. The van der Waals surface area contributed by atoms with Gasteiger partial charge in [0.2, 0.25) is 5.91 Å². The first-order chi connectivity index (χ1) is 12.4. The molecule has 0 aliphatic carbocycles. The number of rotatable bonds is 4. The number of likely N-dealkylation sites (N-methyl/N-ethyl adjacent to an activating group) is 1. The van der Waals surface area contributed by atoms with Crippen LogP contribution in [0.5, 0.6) is 5.75 Å². The lowest BCUT2D eigenvalue weighted by Crippen LogP contribution is -2.47. The minimum atomic E-state index is -0.148. The molecule has 140 valence electrons. The number of ketones is 1. The monoisotopic (exact) mass is 358 g/mol. The summed E-state index contributed by atoms with van der Waals surface area (Å²) < 4.78 is 5.38. The second kappa shape index (κ2) is 7.48. The van der Waals surface area contributed by atoms with Crippen LogP contribution in [0, 0.1) is 0 Å². The third-order valence-corrected chi connectivity index (χ3v) is 5.41. The van der Waals surface area contributed by atoms with E-state index in [0.717, 1.165) is 19.3 Å². The molecule has 1 fully saturated rings. The molecule has 2 heterocycles. The molecule has 0 radical (unpaired) electrons. The van der Waals surface area contributed by atoms with E-state index in [-0.39, 0.29) is 49.1 Å². The Morgan fingerprint density at radius 3 is 2.54 bits per heavy atom. The summed E-state index contributed by atoms with van der Waals surface area (Å²) in [4.78, 5) is 40.3. The Kier molecular flexibility index (Phi) is 5.30. The summed E-state index contributed by atoms with van der Waals surface area (Å²) in [5.74, 6) is 0.401. The highest BCUT2D eigenvalue weighted by molar-refractivity contribution is 6.02. The van der Waals surface area contributed by atoms with Gasteiger partial charge >= 0.3 is 0 Å². The molecule has 1 aromatic rings. The van der Waals surface area contributed by atoms with Crippen molar-refractivity contribution in [3.8, 4) is 5.75 Å². The van der Waals surface area contributed by atoms with E-state index < -0.39 is 0 Å². The summed E-state index contributed by atoms with van der Waals surface area (Å²) in [7, 11) is 1.67. The van der Waals surface area contributed by atoms with Gasteiger partial charge in [-0.15, -0.1) is 0 Å². The predicted octanol–water partition coefficient (Wildman–Crippen LogP) is 2.79. The molecule has 1 aromatic carbocycles. The molecule has 26 heavy (non-hydrogen) atoms. The molecule has 0 saturated carbocycles. The quantitative estimate of drug-likeness (QED) is 0.776. The third kappa shape index (κ3) is 3.59. The molecule has 2 atom stereocenters. The van der Waals surface area contributed by atoms with Crippen molar-refractivity contribution in [1.82, 2.24) is 4.90 Å². The molecule has 2 amide bonds. The average molecular weight is 358 g/mol. The van der Waals surface area contributed by atoms with E-state index in [1.165, 1.54) is 4.90 Å². The van der Waals surface area contributed by atoms with Crippen LogP contribution in [0.3, 0.4) is 0 Å². The van der Waals surface area contributed by atoms with Crippen molar-refractivity contribution in [1.29, 1.82) is 0 Å². The number of hydrogen-bond acceptors (Lipinski definition) is 4. The normalized spacial score (nSPS) is 22.7. The zero-order valence-corrected chi connectivity index (χ0v) is 15.7. The third-order valence-electron chi connectivity index (χ3n) is 5.41. The predicted molar refractivity (Wildman–Crippen MR) is 98.5 cm³/mol. The first-order valence-corrected chi connectivity index (χ1v) is 9.26. The Hall–Kier alpha value is -2.37. The first kappa shape index (κ1) is 18.4. The van der Waals surface area contributed by atoms with Crippen molar-refractivity contribution in [2.75, 3.05) is 18.6 Å². The van der Waals surface area contributed by atoms with E-state index in [1.807, 2.05) is 4.90 Å². The number of benzene rings is 1. The fourth-order valence-electron chi connectivity index (χ4n) is 3.85. The molecule has 2 aliphatic heterocycles. The summed E-state index contributed by atoms with van der Waals surface area (Å²) in [6, 6.07) is 5.55. The highest BCUT2D eigenvalue weighted by atomic mass is 16.5. The Labute approximate surface area is 154 Å². The lowest BCUT2D eigenvalue weighted by atomic mass is 9.96. The largest absolute Gasteiger partial charge is 0.482 e. The van der Waals surface area contributed by atoms with Crippen molar-refractivity contribution in [2.24, 2.45) is 0 Å². The van der Waals surface area contributed by atoms with Gasteiger partial charge in [-0.3, -0.25) is 14.4 Å². The maximum absolute atomic E-state index is 12.6. The highest BCUT2D eigenvalue weighted by Gasteiger charge is 2.29. The summed E-state index contributed by atoms with van der Waals surface area (Å²) in [6.07, 6.45) is 3.58. The molecule has 0 aromatic heterocycles. The number of Topliss-reactive ketones (excluding diaryl/α,β-unsaturated/α-hetero) is 1. The van der Waals surface area contributed by atoms with Crippen LogP contribution >= 0.6 is 0 Å². The smallest absolute Gasteiger partial charge is 0.264 e. The van der Waals surface area contributed by atoms with Crippen LogP contribution in [0.2, 0.25) is 0 Å². The Morgan fingerprint density at radius 2 is 1.85 bits per heavy atom. The molecule has 2 unspecified atom stereocenters. The van der Waals surface area contributed by atoms with Crippen LogP contribution in [-0.4, -0.2) is 48.2 Å². The van der Waals surface area contributed by atoms with Gasteiger partial charge in [0.05, 0.1) is 5.69 Å². The Morgan fingerprint density at radius 1 is 1.15 bits per heavy atom. The van der Waals surface area contributed by atoms with E-state index in [1.54, 1.807) is 25.2 Å².